The molecule has 1 aliphatic heterocycles. The highest BCUT2D eigenvalue weighted by molar-refractivity contribution is 5.79. The standard InChI is InChI=1S/C29H49NO3/c1-6-29(7-2)18-30(14-15-33-29)25-17-28(5)20(16-26(25)32)8-9-21-23-11-10-22(19(3)31)27(23,4)13-12-24(21)28/h20-26,32H,6-18H2,1-5H3/t20-,21-,22+,23-,24-,25-,26-,27+,28-/m0/s1. The third kappa shape index (κ3) is 3.68. The van der Waals surface area contributed by atoms with E-state index < -0.39 is 0 Å². The number of morpholine rings is 1. The number of hydrogen-bond acceptors (Lipinski definition) is 4. The number of aliphatic hydroxyl groups excluding tert-OH is 1. The molecule has 4 saturated carbocycles. The van der Waals surface area contributed by atoms with E-state index in [9.17, 15) is 9.90 Å². The molecule has 4 nitrogen and oxygen atoms in total. The third-order valence-electron chi connectivity index (χ3n) is 12.2. The van der Waals surface area contributed by atoms with E-state index in [1.165, 1.54) is 32.1 Å². The van der Waals surface area contributed by atoms with E-state index in [1.54, 1.807) is 0 Å². The molecule has 1 N–H and O–H groups in total. The Bertz CT molecular complexity index is 749. The fourth-order valence-electron chi connectivity index (χ4n) is 10.2. The number of aliphatic hydroxyl groups is 1. The summed E-state index contributed by atoms with van der Waals surface area (Å²) in [6.07, 6.45) is 11.5. The van der Waals surface area contributed by atoms with Crippen molar-refractivity contribution in [2.75, 3.05) is 19.7 Å². The zero-order valence-electron chi connectivity index (χ0n) is 21.9. The Hall–Kier alpha value is -0.450. The van der Waals surface area contributed by atoms with Crippen LogP contribution in [-0.4, -0.2) is 53.2 Å². The Morgan fingerprint density at radius 3 is 2.45 bits per heavy atom. The monoisotopic (exact) mass is 459 g/mol. The van der Waals surface area contributed by atoms with Gasteiger partial charge in [0.2, 0.25) is 0 Å². The summed E-state index contributed by atoms with van der Waals surface area (Å²) in [6, 6.07) is 0.272. The van der Waals surface area contributed by atoms with Crippen molar-refractivity contribution in [3.8, 4) is 0 Å². The van der Waals surface area contributed by atoms with Gasteiger partial charge >= 0.3 is 0 Å². The lowest BCUT2D eigenvalue weighted by molar-refractivity contribution is -0.175. The van der Waals surface area contributed by atoms with Gasteiger partial charge in [0.25, 0.3) is 0 Å². The Morgan fingerprint density at radius 2 is 1.76 bits per heavy atom. The molecule has 0 aromatic carbocycles. The van der Waals surface area contributed by atoms with Crippen LogP contribution in [0.4, 0.5) is 0 Å². The molecule has 5 aliphatic rings. The van der Waals surface area contributed by atoms with Crippen LogP contribution in [0.3, 0.4) is 0 Å². The molecule has 5 rings (SSSR count). The first-order valence-electron chi connectivity index (χ1n) is 14.2. The van der Waals surface area contributed by atoms with Gasteiger partial charge in [0.1, 0.15) is 5.78 Å². The number of nitrogens with zero attached hydrogens (tertiary/aromatic N) is 1. The van der Waals surface area contributed by atoms with Crippen molar-refractivity contribution in [2.45, 2.75) is 117 Å². The topological polar surface area (TPSA) is 49.8 Å². The van der Waals surface area contributed by atoms with Crippen LogP contribution in [0, 0.1) is 40.4 Å². The Labute approximate surface area is 202 Å². The van der Waals surface area contributed by atoms with Crippen molar-refractivity contribution < 1.29 is 14.6 Å². The number of hydrogen-bond donors (Lipinski definition) is 1. The van der Waals surface area contributed by atoms with Crippen molar-refractivity contribution >= 4 is 5.78 Å². The third-order valence-corrected chi connectivity index (χ3v) is 12.2. The number of ether oxygens (including phenoxy) is 1. The van der Waals surface area contributed by atoms with Gasteiger partial charge in [-0.15, -0.1) is 0 Å². The van der Waals surface area contributed by atoms with Crippen LogP contribution in [0.25, 0.3) is 0 Å². The van der Waals surface area contributed by atoms with E-state index in [0.29, 0.717) is 23.0 Å². The quantitative estimate of drug-likeness (QED) is 0.606. The summed E-state index contributed by atoms with van der Waals surface area (Å²) in [5, 5.41) is 11.4. The molecular weight excluding hydrogens is 410 g/mol. The minimum Gasteiger partial charge on any atom is -0.391 e. The Balaban J connectivity index is 1.38. The van der Waals surface area contributed by atoms with E-state index in [4.69, 9.17) is 4.74 Å². The fourth-order valence-corrected chi connectivity index (χ4v) is 10.2. The molecule has 1 heterocycles. The van der Waals surface area contributed by atoms with Gasteiger partial charge in [-0.1, -0.05) is 27.7 Å². The molecule has 4 heteroatoms. The molecular formula is C29H49NO3. The molecule has 0 radical (unpaired) electrons. The summed E-state index contributed by atoms with van der Waals surface area (Å²) in [5.41, 5.74) is 0.515. The molecule has 33 heavy (non-hydrogen) atoms. The maximum Gasteiger partial charge on any atom is 0.133 e. The molecule has 5 fully saturated rings. The largest absolute Gasteiger partial charge is 0.391 e. The number of carbonyl (C=O) groups excluding carboxylic acids is 1. The zero-order chi connectivity index (χ0) is 23.6. The Kier molecular flexibility index (Phi) is 6.31. The van der Waals surface area contributed by atoms with Crippen molar-refractivity contribution in [3.05, 3.63) is 0 Å². The first-order chi connectivity index (χ1) is 15.7. The molecule has 0 spiro atoms. The highest BCUT2D eigenvalue weighted by atomic mass is 16.5. The van der Waals surface area contributed by atoms with Gasteiger partial charge < -0.3 is 9.84 Å². The van der Waals surface area contributed by atoms with E-state index in [2.05, 4.69) is 32.6 Å². The van der Waals surface area contributed by atoms with E-state index in [-0.39, 0.29) is 23.2 Å². The predicted molar refractivity (Wildman–Crippen MR) is 132 cm³/mol. The predicted octanol–water partition coefficient (Wildman–Crippen LogP) is 5.46. The molecule has 9 atom stereocenters. The van der Waals surface area contributed by atoms with Crippen LogP contribution < -0.4 is 0 Å². The number of fused-ring (bicyclic) bond motifs is 5. The molecule has 0 bridgehead atoms. The Morgan fingerprint density at radius 1 is 1.03 bits per heavy atom. The van der Waals surface area contributed by atoms with Gasteiger partial charge in [0, 0.05) is 25.0 Å². The molecule has 0 unspecified atom stereocenters. The van der Waals surface area contributed by atoms with Gasteiger partial charge in [0.05, 0.1) is 18.3 Å². The van der Waals surface area contributed by atoms with Crippen LogP contribution in [0.5, 0.6) is 0 Å². The lowest BCUT2D eigenvalue weighted by Crippen LogP contribution is -2.63. The van der Waals surface area contributed by atoms with E-state index in [0.717, 1.165) is 69.6 Å². The van der Waals surface area contributed by atoms with Crippen LogP contribution in [0.1, 0.15) is 98.8 Å². The maximum absolute atomic E-state index is 12.5. The summed E-state index contributed by atoms with van der Waals surface area (Å²) >= 11 is 0. The van der Waals surface area contributed by atoms with Crippen molar-refractivity contribution in [1.29, 1.82) is 0 Å². The molecule has 0 aromatic heterocycles. The first-order valence-corrected chi connectivity index (χ1v) is 14.2. The fraction of sp³-hybridized carbons (Fsp3) is 0.966. The van der Waals surface area contributed by atoms with Gasteiger partial charge in [-0.3, -0.25) is 9.69 Å². The molecule has 0 amide bonds. The number of carbonyl (C=O) groups is 1. The van der Waals surface area contributed by atoms with Crippen LogP contribution in [0.2, 0.25) is 0 Å². The summed E-state index contributed by atoms with van der Waals surface area (Å²) in [5.74, 6) is 3.65. The molecule has 1 saturated heterocycles. The SMILES string of the molecule is CCC1(CC)CN([C@H]2C[C@@]3(C)[C@@H](CC[C@@H]4[C@@H]3CC[C@]3(C)[C@@H](C(C)=O)CC[C@@H]43)C[C@@H]2O)CCO1. The molecule has 0 aromatic rings. The van der Waals surface area contributed by atoms with E-state index in [1.807, 2.05) is 6.92 Å². The van der Waals surface area contributed by atoms with Crippen LogP contribution in [0.15, 0.2) is 0 Å². The number of Topliss-reactive ketones (excluding diaryl/α,β-unsaturated/α-hetero) is 1. The number of ketones is 1. The smallest absolute Gasteiger partial charge is 0.133 e. The van der Waals surface area contributed by atoms with Gasteiger partial charge in [-0.2, -0.15) is 0 Å². The minimum absolute atomic E-state index is 0.0387. The summed E-state index contributed by atoms with van der Waals surface area (Å²) in [4.78, 5) is 15.1. The average Bonchev–Trinajstić information content (AvgIpc) is 3.16. The lowest BCUT2D eigenvalue weighted by Gasteiger charge is -2.63. The maximum atomic E-state index is 12.5. The van der Waals surface area contributed by atoms with Crippen molar-refractivity contribution in [2.24, 2.45) is 40.4 Å². The highest BCUT2D eigenvalue weighted by Gasteiger charge is 2.62. The number of rotatable bonds is 4. The summed E-state index contributed by atoms with van der Waals surface area (Å²) in [6.45, 7) is 14.1. The van der Waals surface area contributed by atoms with Crippen LogP contribution in [-0.2, 0) is 9.53 Å². The second kappa shape index (κ2) is 8.59. The zero-order valence-corrected chi connectivity index (χ0v) is 21.9. The van der Waals surface area contributed by atoms with Crippen molar-refractivity contribution in [3.63, 3.8) is 0 Å². The van der Waals surface area contributed by atoms with Gasteiger partial charge in [-0.25, -0.2) is 0 Å². The second-order valence-corrected chi connectivity index (χ2v) is 13.2. The lowest BCUT2D eigenvalue weighted by atomic mass is 9.44. The summed E-state index contributed by atoms with van der Waals surface area (Å²) < 4.78 is 6.27. The summed E-state index contributed by atoms with van der Waals surface area (Å²) in [7, 11) is 0. The van der Waals surface area contributed by atoms with E-state index >= 15 is 0 Å². The minimum atomic E-state index is -0.202. The van der Waals surface area contributed by atoms with Gasteiger partial charge in [0.15, 0.2) is 0 Å². The normalized spacial score (nSPS) is 49.7. The first kappa shape index (κ1) is 24.3. The molecule has 188 valence electrons. The van der Waals surface area contributed by atoms with Crippen LogP contribution >= 0.6 is 0 Å². The van der Waals surface area contributed by atoms with Crippen molar-refractivity contribution in [1.82, 2.24) is 4.90 Å². The average molecular weight is 460 g/mol. The second-order valence-electron chi connectivity index (χ2n) is 13.2. The molecule has 4 aliphatic carbocycles. The highest BCUT2D eigenvalue weighted by Crippen LogP contribution is 2.67. The van der Waals surface area contributed by atoms with Gasteiger partial charge in [-0.05, 0) is 106 Å².